The molecule has 0 aliphatic rings. The van der Waals surface area contributed by atoms with Gasteiger partial charge in [0.05, 0.1) is 20.4 Å². The number of hydrogen-bond donors (Lipinski definition) is 2. The molecular formula is C18H28IN5O2. The average molecular weight is 473 g/mol. The van der Waals surface area contributed by atoms with Crippen LogP contribution < -0.4 is 20.1 Å². The molecule has 0 radical (unpaired) electrons. The smallest absolute Gasteiger partial charge is 0.191 e. The molecule has 0 spiro atoms. The van der Waals surface area contributed by atoms with Crippen molar-refractivity contribution in [3.05, 3.63) is 41.7 Å². The molecule has 2 aromatic rings. The van der Waals surface area contributed by atoms with Crippen molar-refractivity contribution in [1.82, 2.24) is 20.4 Å². The van der Waals surface area contributed by atoms with Gasteiger partial charge in [0.15, 0.2) is 5.96 Å². The minimum absolute atomic E-state index is 0. The molecule has 0 amide bonds. The molecule has 0 saturated carbocycles. The van der Waals surface area contributed by atoms with Gasteiger partial charge >= 0.3 is 0 Å². The molecule has 1 aromatic heterocycles. The lowest BCUT2D eigenvalue weighted by Gasteiger charge is -2.14. The highest BCUT2D eigenvalue weighted by Crippen LogP contribution is 2.24. The van der Waals surface area contributed by atoms with Crippen LogP contribution >= 0.6 is 24.0 Å². The Bertz CT molecular complexity index is 703. The van der Waals surface area contributed by atoms with Gasteiger partial charge in [0.1, 0.15) is 11.5 Å². The second-order valence-corrected chi connectivity index (χ2v) is 5.66. The van der Waals surface area contributed by atoms with Gasteiger partial charge in [-0.05, 0) is 31.0 Å². The zero-order valence-electron chi connectivity index (χ0n) is 15.8. The summed E-state index contributed by atoms with van der Waals surface area (Å²) in [6.07, 6.45) is 4.88. The largest absolute Gasteiger partial charge is 0.497 e. The van der Waals surface area contributed by atoms with Crippen LogP contribution in [0.3, 0.4) is 0 Å². The van der Waals surface area contributed by atoms with Crippen molar-refractivity contribution in [1.29, 1.82) is 0 Å². The Kier molecular flexibility index (Phi) is 9.85. The van der Waals surface area contributed by atoms with E-state index < -0.39 is 0 Å². The summed E-state index contributed by atoms with van der Waals surface area (Å²) in [7, 11) is 5.06. The number of aryl methyl sites for hydroxylation is 2. The summed E-state index contributed by atoms with van der Waals surface area (Å²) in [6, 6.07) is 5.78. The third-order valence-corrected chi connectivity index (χ3v) is 3.78. The van der Waals surface area contributed by atoms with Gasteiger partial charge in [-0.2, -0.15) is 5.10 Å². The van der Waals surface area contributed by atoms with Gasteiger partial charge in [0.2, 0.25) is 0 Å². The summed E-state index contributed by atoms with van der Waals surface area (Å²) in [6.45, 7) is 4.36. The van der Waals surface area contributed by atoms with Gasteiger partial charge in [-0.1, -0.05) is 0 Å². The van der Waals surface area contributed by atoms with E-state index in [0.717, 1.165) is 42.5 Å². The van der Waals surface area contributed by atoms with Crippen molar-refractivity contribution in [3.63, 3.8) is 0 Å². The summed E-state index contributed by atoms with van der Waals surface area (Å²) in [5, 5.41) is 10.9. The van der Waals surface area contributed by atoms with Crippen molar-refractivity contribution in [2.45, 2.75) is 26.4 Å². The van der Waals surface area contributed by atoms with Gasteiger partial charge < -0.3 is 20.1 Å². The van der Waals surface area contributed by atoms with E-state index in [2.05, 4.69) is 20.7 Å². The van der Waals surface area contributed by atoms with Crippen molar-refractivity contribution in [2.24, 2.45) is 4.99 Å². The molecule has 7 nitrogen and oxygen atoms in total. The second-order valence-electron chi connectivity index (χ2n) is 5.66. The maximum Gasteiger partial charge on any atom is 0.191 e. The van der Waals surface area contributed by atoms with Crippen LogP contribution in [0.1, 0.15) is 17.5 Å². The van der Waals surface area contributed by atoms with E-state index in [1.165, 1.54) is 5.56 Å². The van der Waals surface area contributed by atoms with Crippen LogP contribution in [0.4, 0.5) is 0 Å². The zero-order chi connectivity index (χ0) is 18.1. The number of aromatic nitrogens is 2. The number of hydrogen-bond acceptors (Lipinski definition) is 4. The number of guanidine groups is 1. The number of nitrogens with zero attached hydrogens (tertiary/aromatic N) is 3. The lowest BCUT2D eigenvalue weighted by molar-refractivity contribution is 0.390. The Morgan fingerprint density at radius 3 is 2.65 bits per heavy atom. The Hall–Kier alpha value is -1.97. The number of rotatable bonds is 8. The van der Waals surface area contributed by atoms with Gasteiger partial charge in [0.25, 0.3) is 0 Å². The van der Waals surface area contributed by atoms with E-state index in [9.17, 15) is 0 Å². The standard InChI is InChI=1S/C18H27N5O2.HI/c1-14-11-22-23(13-14)9-5-8-20-18(19-2)21-12-15-6-7-16(24-3)10-17(15)25-4;/h6-7,10-11,13H,5,8-9,12H2,1-4H3,(H2,19,20,21);1H. The first-order chi connectivity index (χ1) is 12.2. The Balaban J connectivity index is 0.00000338. The molecule has 2 rings (SSSR count). The molecule has 144 valence electrons. The van der Waals surface area contributed by atoms with Gasteiger partial charge in [-0.3, -0.25) is 9.67 Å². The molecule has 8 heteroatoms. The Morgan fingerprint density at radius 1 is 1.23 bits per heavy atom. The number of methoxy groups -OCH3 is 2. The topological polar surface area (TPSA) is 72.7 Å². The van der Waals surface area contributed by atoms with Crippen LogP contribution in [0.5, 0.6) is 11.5 Å². The maximum absolute atomic E-state index is 5.41. The molecule has 0 bridgehead atoms. The molecule has 0 saturated heterocycles. The summed E-state index contributed by atoms with van der Waals surface area (Å²) in [5.74, 6) is 2.32. The molecule has 26 heavy (non-hydrogen) atoms. The minimum atomic E-state index is 0. The number of aliphatic imine (C=N–C) groups is 1. The lowest BCUT2D eigenvalue weighted by Crippen LogP contribution is -2.37. The van der Waals surface area contributed by atoms with Gasteiger partial charge in [0, 0.05) is 44.5 Å². The summed E-state index contributed by atoms with van der Waals surface area (Å²) in [5.41, 5.74) is 2.22. The quantitative estimate of drug-likeness (QED) is 0.267. The lowest BCUT2D eigenvalue weighted by atomic mass is 10.2. The van der Waals surface area contributed by atoms with Crippen molar-refractivity contribution >= 4 is 29.9 Å². The van der Waals surface area contributed by atoms with Crippen LogP contribution in [0.2, 0.25) is 0 Å². The fourth-order valence-corrected chi connectivity index (χ4v) is 2.43. The molecule has 0 aliphatic carbocycles. The highest BCUT2D eigenvalue weighted by Gasteiger charge is 2.06. The third-order valence-electron chi connectivity index (χ3n) is 3.78. The van der Waals surface area contributed by atoms with Crippen LogP contribution in [0, 0.1) is 6.92 Å². The molecule has 1 aromatic carbocycles. The Morgan fingerprint density at radius 2 is 2.04 bits per heavy atom. The van der Waals surface area contributed by atoms with E-state index in [-0.39, 0.29) is 24.0 Å². The number of benzene rings is 1. The number of nitrogens with one attached hydrogen (secondary N) is 2. The highest BCUT2D eigenvalue weighted by molar-refractivity contribution is 14.0. The molecular weight excluding hydrogens is 445 g/mol. The summed E-state index contributed by atoms with van der Waals surface area (Å²) >= 11 is 0. The SMILES string of the molecule is CN=C(NCCCn1cc(C)cn1)NCc1ccc(OC)cc1OC.I. The van der Waals surface area contributed by atoms with Crippen LogP contribution in [0.15, 0.2) is 35.6 Å². The number of ether oxygens (including phenoxy) is 2. The third kappa shape index (κ3) is 6.74. The van der Waals surface area contributed by atoms with Crippen LogP contribution in [-0.4, -0.2) is 43.6 Å². The Labute approximate surface area is 172 Å². The van der Waals surface area contributed by atoms with Crippen molar-refractivity contribution in [3.8, 4) is 11.5 Å². The molecule has 0 fully saturated rings. The average Bonchev–Trinajstić information content (AvgIpc) is 3.06. The first-order valence-corrected chi connectivity index (χ1v) is 8.30. The molecule has 2 N–H and O–H groups in total. The summed E-state index contributed by atoms with van der Waals surface area (Å²) in [4.78, 5) is 4.25. The van der Waals surface area contributed by atoms with Crippen molar-refractivity contribution in [2.75, 3.05) is 27.8 Å². The van der Waals surface area contributed by atoms with Gasteiger partial charge in [-0.15, -0.1) is 24.0 Å². The number of halogens is 1. The second kappa shape index (κ2) is 11.6. The predicted molar refractivity (Wildman–Crippen MR) is 115 cm³/mol. The molecule has 1 heterocycles. The fraction of sp³-hybridized carbons (Fsp3) is 0.444. The molecule has 0 aliphatic heterocycles. The van der Waals surface area contributed by atoms with Gasteiger partial charge in [-0.25, -0.2) is 0 Å². The maximum atomic E-state index is 5.41. The van der Waals surface area contributed by atoms with Crippen LogP contribution in [-0.2, 0) is 13.1 Å². The van der Waals surface area contributed by atoms with Crippen LogP contribution in [0.25, 0.3) is 0 Å². The first-order valence-electron chi connectivity index (χ1n) is 8.30. The highest BCUT2D eigenvalue weighted by atomic mass is 127. The normalized spacial score (nSPS) is 10.8. The molecule has 0 unspecified atom stereocenters. The van der Waals surface area contributed by atoms with E-state index in [1.807, 2.05) is 42.2 Å². The van der Waals surface area contributed by atoms with E-state index in [1.54, 1.807) is 21.3 Å². The monoisotopic (exact) mass is 473 g/mol. The zero-order valence-corrected chi connectivity index (χ0v) is 18.1. The minimum Gasteiger partial charge on any atom is -0.497 e. The van der Waals surface area contributed by atoms with Crippen molar-refractivity contribution < 1.29 is 9.47 Å². The predicted octanol–water partition coefficient (Wildman–Crippen LogP) is 2.58. The fourth-order valence-electron chi connectivity index (χ4n) is 2.43. The van der Waals surface area contributed by atoms with E-state index in [0.29, 0.717) is 6.54 Å². The van der Waals surface area contributed by atoms with E-state index >= 15 is 0 Å². The summed E-state index contributed by atoms with van der Waals surface area (Å²) < 4.78 is 12.6. The first kappa shape index (κ1) is 22.1. The van der Waals surface area contributed by atoms with E-state index in [4.69, 9.17) is 9.47 Å². The molecule has 0 atom stereocenters.